The van der Waals surface area contributed by atoms with E-state index in [0.29, 0.717) is 6.54 Å². The Morgan fingerprint density at radius 3 is 2.70 bits per heavy atom. The molecule has 0 amide bonds. The molecular weight excluding hydrogens is 300 g/mol. The fraction of sp³-hybridized carbons (Fsp3) is 0.471. The molecule has 1 aliphatic rings. The molecule has 3 rings (SSSR count). The van der Waals surface area contributed by atoms with E-state index in [0.717, 1.165) is 31.5 Å². The molecule has 6 heteroatoms. The standard InChI is InChI=1S/C17H21F2N3O/c1-12(23)16-7-2-3-9-21(16)11-13-8-10-22(20-13)17-14(18)5-4-6-15(17)19/h4-6,8,10,12,16,23H,2-3,7,9,11H2,1H3. The van der Waals surface area contributed by atoms with Crippen molar-refractivity contribution in [3.8, 4) is 5.69 Å². The Kier molecular flexibility index (Phi) is 4.73. The third-order valence-corrected chi connectivity index (χ3v) is 4.40. The van der Waals surface area contributed by atoms with Crippen LogP contribution in [0.15, 0.2) is 30.5 Å². The third-order valence-electron chi connectivity index (χ3n) is 4.40. The van der Waals surface area contributed by atoms with Gasteiger partial charge in [0, 0.05) is 18.8 Å². The van der Waals surface area contributed by atoms with Crippen molar-refractivity contribution in [2.24, 2.45) is 0 Å². The Morgan fingerprint density at radius 2 is 2.00 bits per heavy atom. The van der Waals surface area contributed by atoms with Crippen LogP contribution in [0.4, 0.5) is 8.78 Å². The van der Waals surface area contributed by atoms with Crippen LogP contribution in [0.2, 0.25) is 0 Å². The minimum Gasteiger partial charge on any atom is -0.392 e. The molecule has 1 N–H and O–H groups in total. The van der Waals surface area contributed by atoms with Crippen molar-refractivity contribution in [3.63, 3.8) is 0 Å². The summed E-state index contributed by atoms with van der Waals surface area (Å²) < 4.78 is 28.9. The Hall–Kier alpha value is -1.79. The monoisotopic (exact) mass is 321 g/mol. The van der Waals surface area contributed by atoms with Crippen molar-refractivity contribution in [1.29, 1.82) is 0 Å². The summed E-state index contributed by atoms with van der Waals surface area (Å²) in [5.41, 5.74) is 0.574. The number of nitrogens with zero attached hydrogens (tertiary/aromatic N) is 3. The van der Waals surface area contributed by atoms with Gasteiger partial charge in [0.1, 0.15) is 5.69 Å². The molecule has 0 radical (unpaired) electrons. The van der Waals surface area contributed by atoms with E-state index in [2.05, 4.69) is 10.00 Å². The number of halogens is 2. The lowest BCUT2D eigenvalue weighted by molar-refractivity contribution is 0.0309. The zero-order valence-corrected chi connectivity index (χ0v) is 13.1. The van der Waals surface area contributed by atoms with Gasteiger partial charge in [-0.1, -0.05) is 12.5 Å². The predicted molar refractivity (Wildman–Crippen MR) is 83.2 cm³/mol. The van der Waals surface area contributed by atoms with Crippen LogP contribution in [0, 0.1) is 11.6 Å². The molecule has 4 nitrogen and oxygen atoms in total. The van der Waals surface area contributed by atoms with Crippen molar-refractivity contribution in [2.45, 2.75) is 44.9 Å². The van der Waals surface area contributed by atoms with E-state index in [4.69, 9.17) is 0 Å². The number of aliphatic hydroxyl groups is 1. The van der Waals surface area contributed by atoms with Crippen molar-refractivity contribution in [1.82, 2.24) is 14.7 Å². The molecule has 1 aromatic carbocycles. The zero-order valence-electron chi connectivity index (χ0n) is 13.1. The summed E-state index contributed by atoms with van der Waals surface area (Å²) in [5.74, 6) is -1.28. The van der Waals surface area contributed by atoms with Crippen LogP contribution in [-0.2, 0) is 6.54 Å². The summed E-state index contributed by atoms with van der Waals surface area (Å²) in [4.78, 5) is 2.19. The minimum atomic E-state index is -0.639. The largest absolute Gasteiger partial charge is 0.392 e. The first-order valence-corrected chi connectivity index (χ1v) is 7.97. The van der Waals surface area contributed by atoms with Crippen LogP contribution in [0.3, 0.4) is 0 Å². The molecule has 0 aliphatic carbocycles. The smallest absolute Gasteiger partial charge is 0.151 e. The summed E-state index contributed by atoms with van der Waals surface area (Å²) in [6, 6.07) is 5.64. The zero-order chi connectivity index (χ0) is 16.4. The number of rotatable bonds is 4. The average molecular weight is 321 g/mol. The molecule has 124 valence electrons. The Morgan fingerprint density at radius 1 is 1.26 bits per heavy atom. The van der Waals surface area contributed by atoms with E-state index in [1.165, 1.54) is 22.9 Å². The van der Waals surface area contributed by atoms with Gasteiger partial charge in [0.2, 0.25) is 0 Å². The number of para-hydroxylation sites is 1. The number of hydrogen-bond acceptors (Lipinski definition) is 3. The van der Waals surface area contributed by atoms with Gasteiger partial charge >= 0.3 is 0 Å². The maximum absolute atomic E-state index is 13.8. The van der Waals surface area contributed by atoms with E-state index >= 15 is 0 Å². The molecule has 2 atom stereocenters. The van der Waals surface area contributed by atoms with Crippen LogP contribution in [-0.4, -0.2) is 38.5 Å². The highest BCUT2D eigenvalue weighted by Crippen LogP contribution is 2.22. The second kappa shape index (κ2) is 6.76. The molecule has 23 heavy (non-hydrogen) atoms. The average Bonchev–Trinajstić information content (AvgIpc) is 2.95. The van der Waals surface area contributed by atoms with Crippen LogP contribution < -0.4 is 0 Å². The molecule has 2 aromatic rings. The fourth-order valence-electron chi connectivity index (χ4n) is 3.25. The summed E-state index contributed by atoms with van der Waals surface area (Å²) in [6.45, 7) is 3.27. The SMILES string of the molecule is CC(O)C1CCCCN1Cc1ccn(-c2c(F)cccc2F)n1. The Labute approximate surface area is 134 Å². The molecule has 0 saturated carbocycles. The van der Waals surface area contributed by atoms with E-state index in [1.807, 2.05) is 0 Å². The summed E-state index contributed by atoms with van der Waals surface area (Å²) in [6.07, 6.45) is 4.33. The van der Waals surface area contributed by atoms with Gasteiger partial charge in [-0.3, -0.25) is 4.90 Å². The maximum Gasteiger partial charge on any atom is 0.151 e. The third kappa shape index (κ3) is 3.43. The summed E-state index contributed by atoms with van der Waals surface area (Å²) in [5, 5.41) is 14.2. The Bertz CT molecular complexity index is 651. The van der Waals surface area contributed by atoms with E-state index in [-0.39, 0.29) is 11.7 Å². The predicted octanol–water partition coefficient (Wildman–Crippen LogP) is 2.89. The molecule has 1 aliphatic heterocycles. The normalized spacial score (nSPS) is 20.6. The van der Waals surface area contributed by atoms with Gasteiger partial charge in [-0.2, -0.15) is 5.10 Å². The molecule has 2 heterocycles. The highest BCUT2D eigenvalue weighted by molar-refractivity contribution is 5.34. The van der Waals surface area contributed by atoms with Crippen LogP contribution in [0.1, 0.15) is 31.9 Å². The Balaban J connectivity index is 1.79. The number of benzene rings is 1. The van der Waals surface area contributed by atoms with E-state index in [9.17, 15) is 13.9 Å². The van der Waals surface area contributed by atoms with Crippen molar-refractivity contribution in [3.05, 3.63) is 47.8 Å². The lowest BCUT2D eigenvalue weighted by atomic mass is 9.98. The lowest BCUT2D eigenvalue weighted by Crippen LogP contribution is -2.45. The van der Waals surface area contributed by atoms with Gasteiger partial charge in [0.25, 0.3) is 0 Å². The van der Waals surface area contributed by atoms with Crippen LogP contribution in [0.25, 0.3) is 5.69 Å². The summed E-state index contributed by atoms with van der Waals surface area (Å²) >= 11 is 0. The quantitative estimate of drug-likeness (QED) is 0.941. The minimum absolute atomic E-state index is 0.110. The number of piperidine rings is 1. The van der Waals surface area contributed by atoms with Crippen molar-refractivity contribution >= 4 is 0 Å². The molecule has 2 unspecified atom stereocenters. The van der Waals surface area contributed by atoms with E-state index < -0.39 is 17.7 Å². The van der Waals surface area contributed by atoms with Crippen molar-refractivity contribution < 1.29 is 13.9 Å². The second-order valence-corrected chi connectivity index (χ2v) is 6.10. The molecule has 0 bridgehead atoms. The van der Waals surface area contributed by atoms with Crippen LogP contribution >= 0.6 is 0 Å². The highest BCUT2D eigenvalue weighted by Gasteiger charge is 2.26. The van der Waals surface area contributed by atoms with Crippen molar-refractivity contribution in [2.75, 3.05) is 6.54 Å². The lowest BCUT2D eigenvalue weighted by Gasteiger charge is -2.36. The number of likely N-dealkylation sites (tertiary alicyclic amines) is 1. The molecule has 0 spiro atoms. The van der Waals surface area contributed by atoms with Gasteiger partial charge in [0.15, 0.2) is 11.6 Å². The first-order valence-electron chi connectivity index (χ1n) is 7.97. The molecule has 1 fully saturated rings. The van der Waals surface area contributed by atoms with Gasteiger partial charge in [-0.15, -0.1) is 0 Å². The first-order chi connectivity index (χ1) is 11.1. The highest BCUT2D eigenvalue weighted by atomic mass is 19.1. The topological polar surface area (TPSA) is 41.3 Å². The van der Waals surface area contributed by atoms with Gasteiger partial charge < -0.3 is 5.11 Å². The first kappa shape index (κ1) is 16.1. The van der Waals surface area contributed by atoms with Gasteiger partial charge in [-0.25, -0.2) is 13.5 Å². The maximum atomic E-state index is 13.8. The van der Waals surface area contributed by atoms with Gasteiger partial charge in [-0.05, 0) is 44.5 Å². The number of aliphatic hydroxyl groups excluding tert-OH is 1. The molecular formula is C17H21F2N3O. The van der Waals surface area contributed by atoms with E-state index in [1.54, 1.807) is 19.2 Å². The van der Waals surface area contributed by atoms with Gasteiger partial charge in [0.05, 0.1) is 11.8 Å². The van der Waals surface area contributed by atoms with Crippen LogP contribution in [0.5, 0.6) is 0 Å². The second-order valence-electron chi connectivity index (χ2n) is 6.10. The molecule has 1 aromatic heterocycles. The number of aromatic nitrogens is 2. The number of hydrogen-bond donors (Lipinski definition) is 1. The molecule has 1 saturated heterocycles. The summed E-state index contributed by atoms with van der Waals surface area (Å²) in [7, 11) is 0. The fourth-order valence-corrected chi connectivity index (χ4v) is 3.25.